The lowest BCUT2D eigenvalue weighted by Gasteiger charge is -2.45. The molecule has 1 aliphatic heterocycles. The molecule has 4 atom stereocenters. The van der Waals surface area contributed by atoms with Crippen LogP contribution >= 0.6 is 25.4 Å². The Kier molecular flexibility index (Phi) is 7.54. The van der Waals surface area contributed by atoms with Gasteiger partial charge in [-0.2, -0.15) is 0 Å². The maximum atomic E-state index is 15.4. The Morgan fingerprint density at radius 2 is 1.27 bits per heavy atom. The van der Waals surface area contributed by atoms with Crippen molar-refractivity contribution in [2.24, 2.45) is 0 Å². The zero-order valence-electron chi connectivity index (χ0n) is 18.7. The topological polar surface area (TPSA) is 3.24 Å². The highest BCUT2D eigenvalue weighted by molar-refractivity contribution is 7.81. The minimum Gasteiger partial charge on any atom is -0.248 e. The molecule has 2 fully saturated rings. The summed E-state index contributed by atoms with van der Waals surface area (Å²) in [6, 6.07) is 25.3. The van der Waals surface area contributed by atoms with E-state index < -0.39 is 16.1 Å². The molecule has 1 aliphatic carbocycles. The van der Waals surface area contributed by atoms with Crippen LogP contribution in [0.2, 0.25) is 0 Å². The molecule has 1 saturated heterocycles. The van der Waals surface area contributed by atoms with E-state index in [1.54, 1.807) is 12.1 Å². The molecule has 5 rings (SSSR count). The minimum atomic E-state index is -1.32. The van der Waals surface area contributed by atoms with Gasteiger partial charge in [0, 0.05) is 35.8 Å². The van der Waals surface area contributed by atoms with Gasteiger partial charge in [0.1, 0.15) is 11.6 Å². The monoisotopic (exact) mass is 499 g/mol. The number of benzene rings is 3. The standard InChI is InChI=1S/C27H30F2NP3/c28-22-14-6-8-16-25(22)32(26-17-9-7-15-23(26)29)30(21-12-4-5-13-21)33-24(18-19-27(33)31)20-10-2-1-3-11-20/h1-3,6-11,14-17,21,24,27H,4-5,12-13,18-19,31H2/t24-,27-,33?/m1/s1. The molecule has 3 aromatic carbocycles. The van der Waals surface area contributed by atoms with Crippen LogP contribution in [-0.4, -0.2) is 15.9 Å². The van der Waals surface area contributed by atoms with Crippen LogP contribution in [0.25, 0.3) is 0 Å². The van der Waals surface area contributed by atoms with E-state index in [9.17, 15) is 0 Å². The second-order valence-corrected chi connectivity index (χ2v) is 15.1. The first-order valence-corrected chi connectivity index (χ1v) is 15.2. The lowest BCUT2D eigenvalue weighted by Crippen LogP contribution is -2.35. The van der Waals surface area contributed by atoms with Crippen LogP contribution in [0.5, 0.6) is 0 Å². The van der Waals surface area contributed by atoms with Gasteiger partial charge in [-0.05, 0) is 63.6 Å². The summed E-state index contributed by atoms with van der Waals surface area (Å²) in [6.07, 6.45) is 6.87. The van der Waals surface area contributed by atoms with Crippen LogP contribution < -0.4 is 10.6 Å². The van der Waals surface area contributed by atoms with Gasteiger partial charge in [0.25, 0.3) is 0 Å². The third-order valence-electron chi connectivity index (χ3n) is 6.83. The summed E-state index contributed by atoms with van der Waals surface area (Å²) in [4.78, 5) is 0. The third-order valence-corrected chi connectivity index (χ3v) is 14.5. The highest BCUT2D eigenvalue weighted by Gasteiger charge is 2.46. The quantitative estimate of drug-likeness (QED) is 0.314. The molecule has 0 spiro atoms. The molecule has 2 unspecified atom stereocenters. The van der Waals surface area contributed by atoms with Gasteiger partial charge in [0.15, 0.2) is 0 Å². The molecule has 172 valence electrons. The molecule has 1 heterocycles. The van der Waals surface area contributed by atoms with Crippen LogP contribution in [0.4, 0.5) is 8.78 Å². The Balaban J connectivity index is 1.69. The molecule has 1 saturated carbocycles. The molecular formula is C27H30F2NP3. The lowest BCUT2D eigenvalue weighted by molar-refractivity contribution is 0.500. The summed E-state index contributed by atoms with van der Waals surface area (Å²) in [5, 5.41) is 1.76. The molecule has 2 aliphatic rings. The molecule has 0 bridgehead atoms. The molecule has 0 amide bonds. The van der Waals surface area contributed by atoms with Crippen LogP contribution in [0.1, 0.15) is 49.7 Å². The average molecular weight is 499 g/mol. The zero-order chi connectivity index (χ0) is 22.8. The molecule has 0 radical (unpaired) electrons. The fourth-order valence-electron chi connectivity index (χ4n) is 5.30. The van der Waals surface area contributed by atoms with E-state index in [0.717, 1.165) is 25.7 Å². The third kappa shape index (κ3) is 4.81. The van der Waals surface area contributed by atoms with Crippen molar-refractivity contribution in [2.45, 2.75) is 55.6 Å². The van der Waals surface area contributed by atoms with Crippen molar-refractivity contribution in [3.63, 3.8) is 0 Å². The zero-order valence-corrected chi connectivity index (χ0v) is 21.6. The van der Waals surface area contributed by atoms with Gasteiger partial charge in [0.05, 0.1) is 0 Å². The fraction of sp³-hybridized carbons (Fsp3) is 0.333. The minimum absolute atomic E-state index is 0.222. The largest absolute Gasteiger partial charge is 0.248 e. The predicted octanol–water partition coefficient (Wildman–Crippen LogP) is 7.69. The van der Waals surface area contributed by atoms with E-state index in [1.807, 2.05) is 24.3 Å². The summed E-state index contributed by atoms with van der Waals surface area (Å²) >= 11 is 0. The van der Waals surface area contributed by atoms with Crippen molar-refractivity contribution in [2.75, 3.05) is 0 Å². The first kappa shape index (κ1) is 23.5. The van der Waals surface area contributed by atoms with Crippen molar-refractivity contribution in [3.8, 4) is 0 Å². The molecular weight excluding hydrogens is 469 g/mol. The Morgan fingerprint density at radius 1 is 0.727 bits per heavy atom. The van der Waals surface area contributed by atoms with Gasteiger partial charge in [-0.15, -0.1) is 9.24 Å². The van der Waals surface area contributed by atoms with E-state index in [0.29, 0.717) is 27.7 Å². The smallest absolute Gasteiger partial charge is 0.132 e. The van der Waals surface area contributed by atoms with Crippen LogP contribution in [0, 0.1) is 11.6 Å². The second kappa shape index (κ2) is 10.6. The highest BCUT2D eigenvalue weighted by atomic mass is 31.2. The molecule has 3 aromatic rings. The van der Waals surface area contributed by atoms with Crippen molar-refractivity contribution in [1.82, 2.24) is 4.44 Å². The SMILES string of the molecule is Fc1ccccc1P(c1ccccc1F)N(C1CCCC1)P1[C@@H](c2ccccc2)CC[C@@H]1P. The highest BCUT2D eigenvalue weighted by Crippen LogP contribution is 2.74. The molecule has 0 aromatic heterocycles. The molecule has 1 nitrogen and oxygen atoms in total. The summed E-state index contributed by atoms with van der Waals surface area (Å²) in [5.74, 6) is -0.443. The number of hydrogen-bond donors (Lipinski definition) is 0. The van der Waals surface area contributed by atoms with Crippen molar-refractivity contribution < 1.29 is 8.78 Å². The number of rotatable bonds is 6. The van der Waals surface area contributed by atoms with E-state index in [1.165, 1.54) is 30.5 Å². The molecule has 6 heteroatoms. The average Bonchev–Trinajstić information content (AvgIpc) is 3.50. The maximum Gasteiger partial charge on any atom is 0.132 e. The summed E-state index contributed by atoms with van der Waals surface area (Å²) in [7, 11) is 1.15. The number of hydrogen-bond acceptors (Lipinski definition) is 1. The molecule has 33 heavy (non-hydrogen) atoms. The lowest BCUT2D eigenvalue weighted by atomic mass is 10.1. The summed E-state index contributed by atoms with van der Waals surface area (Å²) < 4.78 is 33.4. The first-order valence-electron chi connectivity index (χ1n) is 11.8. The van der Waals surface area contributed by atoms with E-state index in [4.69, 9.17) is 0 Å². The van der Waals surface area contributed by atoms with Crippen molar-refractivity contribution in [1.29, 1.82) is 0 Å². The van der Waals surface area contributed by atoms with Gasteiger partial charge in [0.2, 0.25) is 0 Å². The van der Waals surface area contributed by atoms with E-state index >= 15 is 8.78 Å². The summed E-state index contributed by atoms with van der Waals surface area (Å²) in [5.41, 5.74) is 1.79. The van der Waals surface area contributed by atoms with Gasteiger partial charge in [-0.3, -0.25) is 0 Å². The van der Waals surface area contributed by atoms with Gasteiger partial charge >= 0.3 is 0 Å². The van der Waals surface area contributed by atoms with Crippen LogP contribution in [0.15, 0.2) is 78.9 Å². The number of halogens is 2. The van der Waals surface area contributed by atoms with E-state index in [-0.39, 0.29) is 11.6 Å². The first-order chi connectivity index (χ1) is 16.1. The maximum absolute atomic E-state index is 15.4. The van der Waals surface area contributed by atoms with Gasteiger partial charge in [-0.1, -0.05) is 67.4 Å². The molecule has 0 N–H and O–H groups in total. The normalized spacial score (nSPS) is 23.6. The Hall–Kier alpha value is -1.23. The van der Waals surface area contributed by atoms with Crippen LogP contribution in [-0.2, 0) is 0 Å². The van der Waals surface area contributed by atoms with Gasteiger partial charge < -0.3 is 0 Å². The predicted molar refractivity (Wildman–Crippen MR) is 142 cm³/mol. The Morgan fingerprint density at radius 3 is 1.85 bits per heavy atom. The fourth-order valence-corrected chi connectivity index (χ4v) is 14.3. The van der Waals surface area contributed by atoms with E-state index in [2.05, 4.69) is 44.0 Å². The van der Waals surface area contributed by atoms with Gasteiger partial charge in [-0.25, -0.2) is 13.2 Å². The van der Waals surface area contributed by atoms with Crippen LogP contribution in [0.3, 0.4) is 0 Å². The van der Waals surface area contributed by atoms with Crippen molar-refractivity contribution in [3.05, 3.63) is 96.1 Å². The Bertz CT molecular complexity index is 1030. The van der Waals surface area contributed by atoms with Crippen molar-refractivity contribution >= 4 is 36.0 Å². The summed E-state index contributed by atoms with van der Waals surface area (Å²) in [6.45, 7) is 0. The second-order valence-electron chi connectivity index (χ2n) is 8.92. The Labute approximate surface area is 200 Å². The number of nitrogens with zero attached hydrogens (tertiary/aromatic N) is 1.